The molecule has 106 valence electrons. The lowest BCUT2D eigenvalue weighted by Gasteiger charge is -2.05. The summed E-state index contributed by atoms with van der Waals surface area (Å²) in [5, 5.41) is 8.72. The van der Waals surface area contributed by atoms with Crippen LogP contribution in [0.2, 0.25) is 0 Å². The molecule has 19 heavy (non-hydrogen) atoms. The summed E-state index contributed by atoms with van der Waals surface area (Å²) in [6.07, 6.45) is 2.13. The summed E-state index contributed by atoms with van der Waals surface area (Å²) in [5.74, 6) is -0.979. The number of carboxylic acid groups (broad SMARTS) is 1. The minimum absolute atomic E-state index is 0.176. The van der Waals surface area contributed by atoms with Crippen LogP contribution in [0.4, 0.5) is 0 Å². The topological polar surface area (TPSA) is 77.9 Å². The number of aromatic nitrogens is 1. The van der Waals surface area contributed by atoms with Crippen molar-refractivity contribution in [2.45, 2.75) is 13.0 Å². The summed E-state index contributed by atoms with van der Waals surface area (Å²) in [7, 11) is 1.63. The van der Waals surface area contributed by atoms with Crippen LogP contribution in [0.3, 0.4) is 0 Å². The molecule has 1 heterocycles. The molecule has 1 rings (SSSR count). The van der Waals surface area contributed by atoms with Crippen LogP contribution in [-0.4, -0.2) is 49.6 Å². The van der Waals surface area contributed by atoms with Crippen molar-refractivity contribution < 1.29 is 24.1 Å². The van der Waals surface area contributed by atoms with Crippen molar-refractivity contribution in [1.82, 2.24) is 4.98 Å². The molecule has 1 aromatic rings. The van der Waals surface area contributed by atoms with Crippen LogP contribution in [0.1, 0.15) is 22.5 Å². The van der Waals surface area contributed by atoms with Crippen molar-refractivity contribution in [3.05, 3.63) is 29.6 Å². The molecule has 0 aliphatic heterocycles. The maximum absolute atomic E-state index is 10.6. The van der Waals surface area contributed by atoms with E-state index in [4.69, 9.17) is 19.3 Å². The minimum atomic E-state index is -0.979. The first-order valence-corrected chi connectivity index (χ1v) is 6.06. The highest BCUT2D eigenvalue weighted by molar-refractivity contribution is 5.87. The van der Waals surface area contributed by atoms with Gasteiger partial charge >= 0.3 is 5.97 Å². The van der Waals surface area contributed by atoms with Gasteiger partial charge in [-0.15, -0.1) is 0 Å². The third-order valence-electron chi connectivity index (χ3n) is 2.33. The Labute approximate surface area is 112 Å². The summed E-state index contributed by atoms with van der Waals surface area (Å²) in [5.41, 5.74) is 0.889. The number of hydrogen-bond donors (Lipinski definition) is 1. The largest absolute Gasteiger partial charge is 0.478 e. The van der Waals surface area contributed by atoms with Crippen molar-refractivity contribution in [3.8, 4) is 0 Å². The average molecular weight is 269 g/mol. The number of nitrogens with zero attached hydrogens (tertiary/aromatic N) is 1. The Bertz CT molecular complexity index is 366. The Balaban J connectivity index is 2.07. The molecule has 6 nitrogen and oxygen atoms in total. The first-order chi connectivity index (χ1) is 9.24. The fourth-order valence-corrected chi connectivity index (χ4v) is 1.32. The zero-order valence-corrected chi connectivity index (χ0v) is 11.0. The normalized spacial score (nSPS) is 10.6. The monoisotopic (exact) mass is 269 g/mol. The van der Waals surface area contributed by atoms with Gasteiger partial charge in [-0.25, -0.2) is 4.79 Å². The van der Waals surface area contributed by atoms with E-state index in [-0.39, 0.29) is 5.56 Å². The molecule has 0 saturated carbocycles. The van der Waals surface area contributed by atoms with Crippen molar-refractivity contribution in [2.75, 3.05) is 33.5 Å². The molecule has 0 spiro atoms. The number of rotatable bonds is 10. The number of carbonyl (C=O) groups is 1. The van der Waals surface area contributed by atoms with E-state index in [9.17, 15) is 4.79 Å². The zero-order valence-electron chi connectivity index (χ0n) is 11.0. The molecule has 0 aliphatic rings. The fourth-order valence-electron chi connectivity index (χ4n) is 1.32. The van der Waals surface area contributed by atoms with Gasteiger partial charge < -0.3 is 19.3 Å². The third-order valence-corrected chi connectivity index (χ3v) is 2.33. The summed E-state index contributed by atoms with van der Waals surface area (Å²) in [6.45, 7) is 2.78. The zero-order chi connectivity index (χ0) is 13.9. The van der Waals surface area contributed by atoms with E-state index < -0.39 is 5.97 Å². The Kier molecular flexibility index (Phi) is 7.72. The molecule has 0 unspecified atom stereocenters. The standard InChI is InChI=1S/C13H19NO5/c1-17-7-8-18-5-2-6-19-10-12-4-3-11(9-14-12)13(15)16/h3-4,9H,2,5-8,10H2,1H3,(H,15,16). The molecule has 0 amide bonds. The van der Waals surface area contributed by atoms with Gasteiger partial charge in [-0.05, 0) is 18.6 Å². The Morgan fingerprint density at radius 3 is 2.63 bits per heavy atom. The van der Waals surface area contributed by atoms with Gasteiger partial charge in [-0.2, -0.15) is 0 Å². The van der Waals surface area contributed by atoms with Gasteiger partial charge in [-0.3, -0.25) is 4.98 Å². The molecular weight excluding hydrogens is 250 g/mol. The minimum Gasteiger partial charge on any atom is -0.478 e. The third kappa shape index (κ3) is 6.85. The number of hydrogen-bond acceptors (Lipinski definition) is 5. The summed E-state index contributed by atoms with van der Waals surface area (Å²) < 4.78 is 15.5. The molecule has 6 heteroatoms. The number of aromatic carboxylic acids is 1. The van der Waals surface area contributed by atoms with Gasteiger partial charge in [0.15, 0.2) is 0 Å². The van der Waals surface area contributed by atoms with E-state index in [1.165, 1.54) is 12.3 Å². The number of ether oxygens (including phenoxy) is 3. The van der Waals surface area contributed by atoms with Crippen molar-refractivity contribution in [1.29, 1.82) is 0 Å². The molecule has 0 saturated heterocycles. The molecule has 0 aliphatic carbocycles. The molecular formula is C13H19NO5. The van der Waals surface area contributed by atoms with Gasteiger partial charge in [0.1, 0.15) is 0 Å². The van der Waals surface area contributed by atoms with Gasteiger partial charge in [0.2, 0.25) is 0 Å². The van der Waals surface area contributed by atoms with Crippen LogP contribution in [0.15, 0.2) is 18.3 Å². The van der Waals surface area contributed by atoms with E-state index in [2.05, 4.69) is 4.98 Å². The van der Waals surface area contributed by atoms with Gasteiger partial charge in [-0.1, -0.05) is 0 Å². The number of pyridine rings is 1. The van der Waals surface area contributed by atoms with E-state index >= 15 is 0 Å². The highest BCUT2D eigenvalue weighted by Gasteiger charge is 2.02. The predicted octanol–water partition coefficient (Wildman–Crippen LogP) is 1.35. The Morgan fingerprint density at radius 2 is 2.00 bits per heavy atom. The second-order valence-electron chi connectivity index (χ2n) is 3.85. The second-order valence-corrected chi connectivity index (χ2v) is 3.85. The fraction of sp³-hybridized carbons (Fsp3) is 0.538. The van der Waals surface area contributed by atoms with E-state index in [1.807, 2.05) is 0 Å². The van der Waals surface area contributed by atoms with Crippen LogP contribution in [0, 0.1) is 0 Å². The van der Waals surface area contributed by atoms with E-state index in [0.29, 0.717) is 38.7 Å². The first-order valence-electron chi connectivity index (χ1n) is 6.06. The average Bonchev–Trinajstić information content (AvgIpc) is 2.42. The van der Waals surface area contributed by atoms with Gasteiger partial charge in [0, 0.05) is 26.5 Å². The molecule has 0 atom stereocenters. The van der Waals surface area contributed by atoms with E-state index in [1.54, 1.807) is 13.2 Å². The summed E-state index contributed by atoms with van der Waals surface area (Å²) in [4.78, 5) is 14.6. The lowest BCUT2D eigenvalue weighted by Crippen LogP contribution is -2.06. The number of methoxy groups -OCH3 is 1. The first kappa shape index (κ1) is 15.6. The van der Waals surface area contributed by atoms with Crippen LogP contribution in [0.5, 0.6) is 0 Å². The van der Waals surface area contributed by atoms with Crippen LogP contribution in [0.25, 0.3) is 0 Å². The quantitative estimate of drug-likeness (QED) is 0.646. The van der Waals surface area contributed by atoms with Crippen LogP contribution < -0.4 is 0 Å². The van der Waals surface area contributed by atoms with Crippen LogP contribution in [-0.2, 0) is 20.8 Å². The highest BCUT2D eigenvalue weighted by Crippen LogP contribution is 2.02. The van der Waals surface area contributed by atoms with E-state index in [0.717, 1.165) is 6.42 Å². The predicted molar refractivity (Wildman–Crippen MR) is 68.2 cm³/mol. The molecule has 0 radical (unpaired) electrons. The Hall–Kier alpha value is -1.50. The maximum atomic E-state index is 10.6. The SMILES string of the molecule is COCCOCCCOCc1ccc(C(=O)O)cn1. The highest BCUT2D eigenvalue weighted by atomic mass is 16.5. The molecule has 0 fully saturated rings. The maximum Gasteiger partial charge on any atom is 0.337 e. The smallest absolute Gasteiger partial charge is 0.337 e. The second kappa shape index (κ2) is 9.43. The Morgan fingerprint density at radius 1 is 1.21 bits per heavy atom. The summed E-state index contributed by atoms with van der Waals surface area (Å²) >= 11 is 0. The van der Waals surface area contributed by atoms with Gasteiger partial charge in [0.25, 0.3) is 0 Å². The molecule has 0 bridgehead atoms. The van der Waals surface area contributed by atoms with Crippen molar-refractivity contribution in [2.24, 2.45) is 0 Å². The molecule has 1 aromatic heterocycles. The van der Waals surface area contributed by atoms with Crippen LogP contribution >= 0.6 is 0 Å². The lowest BCUT2D eigenvalue weighted by molar-refractivity contribution is 0.0478. The molecule has 1 N–H and O–H groups in total. The summed E-state index contributed by atoms with van der Waals surface area (Å²) in [6, 6.07) is 3.17. The van der Waals surface area contributed by atoms with Crippen molar-refractivity contribution >= 4 is 5.97 Å². The van der Waals surface area contributed by atoms with Gasteiger partial charge in [0.05, 0.1) is 31.1 Å². The molecule has 0 aromatic carbocycles. The van der Waals surface area contributed by atoms with Crippen molar-refractivity contribution in [3.63, 3.8) is 0 Å². The lowest BCUT2D eigenvalue weighted by atomic mass is 10.2. The number of carboxylic acids is 1.